The predicted molar refractivity (Wildman–Crippen MR) is 91.8 cm³/mol. The number of benzene rings is 1. The van der Waals surface area contributed by atoms with Gasteiger partial charge in [0.05, 0.1) is 4.88 Å². The minimum atomic E-state index is -0.348. The van der Waals surface area contributed by atoms with Crippen LogP contribution < -0.4 is 5.32 Å². The molecule has 0 atom stereocenters. The van der Waals surface area contributed by atoms with E-state index in [4.69, 9.17) is 0 Å². The van der Waals surface area contributed by atoms with Gasteiger partial charge in [-0.25, -0.2) is 4.39 Å². The Morgan fingerprint density at radius 3 is 2.83 bits per heavy atom. The van der Waals surface area contributed by atoms with E-state index < -0.39 is 0 Å². The SMILES string of the molecule is CN(Cc1cc(Br)ccc1F)C(=O)CCNC(=O)c1cccs1. The molecular formula is C16H16BrFN2O2S. The predicted octanol–water partition coefficient (Wildman–Crippen LogP) is 3.43. The molecule has 2 aromatic rings. The highest BCUT2D eigenvalue weighted by Crippen LogP contribution is 2.17. The van der Waals surface area contributed by atoms with Gasteiger partial charge in [-0.2, -0.15) is 0 Å². The van der Waals surface area contributed by atoms with Crippen LogP contribution in [0.4, 0.5) is 4.39 Å². The number of amides is 2. The van der Waals surface area contributed by atoms with Crippen molar-refractivity contribution in [2.24, 2.45) is 0 Å². The van der Waals surface area contributed by atoms with Crippen molar-refractivity contribution >= 4 is 39.1 Å². The number of thiophene rings is 1. The summed E-state index contributed by atoms with van der Waals surface area (Å²) in [6, 6.07) is 8.15. The van der Waals surface area contributed by atoms with Gasteiger partial charge >= 0.3 is 0 Å². The van der Waals surface area contributed by atoms with Gasteiger partial charge in [-0.15, -0.1) is 11.3 Å². The minimum Gasteiger partial charge on any atom is -0.351 e. The molecule has 1 aromatic carbocycles. The molecule has 0 saturated carbocycles. The Kier molecular flexibility index (Phi) is 6.29. The molecule has 0 aliphatic carbocycles. The smallest absolute Gasteiger partial charge is 0.261 e. The summed E-state index contributed by atoms with van der Waals surface area (Å²) in [5.41, 5.74) is 0.442. The van der Waals surface area contributed by atoms with Crippen LogP contribution in [0.5, 0.6) is 0 Å². The minimum absolute atomic E-state index is 0.157. The molecule has 0 spiro atoms. The molecule has 4 nitrogen and oxygen atoms in total. The quantitative estimate of drug-likeness (QED) is 0.809. The number of halogens is 2. The lowest BCUT2D eigenvalue weighted by Gasteiger charge is -2.18. The molecule has 2 rings (SSSR count). The second-order valence-electron chi connectivity index (χ2n) is 4.97. The summed E-state index contributed by atoms with van der Waals surface area (Å²) in [5.74, 6) is -0.691. The van der Waals surface area contributed by atoms with Crippen molar-refractivity contribution in [2.45, 2.75) is 13.0 Å². The Bertz CT molecular complexity index is 691. The fourth-order valence-electron chi connectivity index (χ4n) is 1.98. The zero-order valence-electron chi connectivity index (χ0n) is 12.5. The van der Waals surface area contributed by atoms with Gasteiger partial charge in [0, 0.05) is 36.6 Å². The monoisotopic (exact) mass is 398 g/mol. The molecule has 0 bridgehead atoms. The Balaban J connectivity index is 1.81. The summed E-state index contributed by atoms with van der Waals surface area (Å²) in [4.78, 5) is 25.9. The third kappa shape index (κ3) is 5.14. The largest absolute Gasteiger partial charge is 0.351 e. The molecule has 0 aliphatic heterocycles. The van der Waals surface area contributed by atoms with Gasteiger partial charge in [0.1, 0.15) is 5.82 Å². The van der Waals surface area contributed by atoms with Crippen molar-refractivity contribution in [2.75, 3.05) is 13.6 Å². The van der Waals surface area contributed by atoms with Crippen molar-refractivity contribution in [1.29, 1.82) is 0 Å². The summed E-state index contributed by atoms with van der Waals surface area (Å²) in [6.07, 6.45) is 0.170. The summed E-state index contributed by atoms with van der Waals surface area (Å²) in [6.45, 7) is 0.434. The van der Waals surface area contributed by atoms with Crippen LogP contribution in [0.15, 0.2) is 40.2 Å². The molecule has 0 fully saturated rings. The number of carbonyl (C=O) groups is 2. The van der Waals surface area contributed by atoms with E-state index in [9.17, 15) is 14.0 Å². The van der Waals surface area contributed by atoms with Gasteiger partial charge in [0.2, 0.25) is 5.91 Å². The van der Waals surface area contributed by atoms with E-state index >= 15 is 0 Å². The van der Waals surface area contributed by atoms with Crippen LogP contribution in [0.1, 0.15) is 21.7 Å². The average molecular weight is 399 g/mol. The molecule has 7 heteroatoms. The summed E-state index contributed by atoms with van der Waals surface area (Å²) in [7, 11) is 1.61. The normalized spacial score (nSPS) is 10.4. The molecule has 0 unspecified atom stereocenters. The zero-order valence-corrected chi connectivity index (χ0v) is 14.9. The number of nitrogens with zero attached hydrogens (tertiary/aromatic N) is 1. The first kappa shape index (κ1) is 17.6. The third-order valence-electron chi connectivity index (χ3n) is 3.21. The highest BCUT2D eigenvalue weighted by molar-refractivity contribution is 9.10. The van der Waals surface area contributed by atoms with E-state index in [0.29, 0.717) is 10.4 Å². The number of hydrogen-bond donors (Lipinski definition) is 1. The maximum Gasteiger partial charge on any atom is 0.261 e. The Hall–Kier alpha value is -1.73. The lowest BCUT2D eigenvalue weighted by molar-refractivity contribution is -0.130. The Morgan fingerprint density at radius 2 is 2.13 bits per heavy atom. The van der Waals surface area contributed by atoms with Crippen molar-refractivity contribution in [1.82, 2.24) is 10.2 Å². The second kappa shape index (κ2) is 8.21. The summed E-state index contributed by atoms with van der Waals surface area (Å²) < 4.78 is 14.5. The van der Waals surface area contributed by atoms with E-state index in [1.807, 2.05) is 5.38 Å². The molecule has 1 heterocycles. The molecular weight excluding hydrogens is 383 g/mol. The molecule has 1 aromatic heterocycles. The van der Waals surface area contributed by atoms with Gasteiger partial charge in [-0.05, 0) is 29.6 Å². The van der Waals surface area contributed by atoms with Crippen LogP contribution in [-0.4, -0.2) is 30.3 Å². The molecule has 122 valence electrons. The standard InChI is InChI=1S/C16H16BrFN2O2S/c1-20(10-11-9-12(17)4-5-13(11)18)15(21)6-7-19-16(22)14-3-2-8-23-14/h2-5,8-9H,6-7,10H2,1H3,(H,19,22). The van der Waals surface area contributed by atoms with Crippen LogP contribution in [0.3, 0.4) is 0 Å². The number of carbonyl (C=O) groups excluding carboxylic acids is 2. The Morgan fingerprint density at radius 1 is 1.35 bits per heavy atom. The van der Waals surface area contributed by atoms with Crippen molar-refractivity contribution in [3.8, 4) is 0 Å². The van der Waals surface area contributed by atoms with Crippen molar-refractivity contribution in [3.63, 3.8) is 0 Å². The summed E-state index contributed by atoms with van der Waals surface area (Å²) >= 11 is 4.63. The first-order chi connectivity index (χ1) is 11.0. The maximum atomic E-state index is 13.7. The lowest BCUT2D eigenvalue weighted by atomic mass is 10.2. The first-order valence-corrected chi connectivity index (χ1v) is 8.64. The zero-order chi connectivity index (χ0) is 16.8. The molecule has 2 amide bonds. The van der Waals surface area contributed by atoms with Gasteiger partial charge < -0.3 is 10.2 Å². The van der Waals surface area contributed by atoms with E-state index in [2.05, 4.69) is 21.2 Å². The van der Waals surface area contributed by atoms with E-state index in [0.717, 1.165) is 4.47 Å². The number of rotatable bonds is 6. The molecule has 0 aliphatic rings. The highest BCUT2D eigenvalue weighted by Gasteiger charge is 2.13. The third-order valence-corrected chi connectivity index (χ3v) is 4.57. The van der Waals surface area contributed by atoms with E-state index in [1.54, 1.807) is 31.3 Å². The van der Waals surface area contributed by atoms with Gasteiger partial charge in [-0.3, -0.25) is 9.59 Å². The number of nitrogens with one attached hydrogen (secondary N) is 1. The lowest BCUT2D eigenvalue weighted by Crippen LogP contribution is -2.31. The van der Waals surface area contributed by atoms with Gasteiger partial charge in [-0.1, -0.05) is 22.0 Å². The fraction of sp³-hybridized carbons (Fsp3) is 0.250. The average Bonchev–Trinajstić information content (AvgIpc) is 3.05. The Labute approximate surface area is 146 Å². The maximum absolute atomic E-state index is 13.7. The number of hydrogen-bond acceptors (Lipinski definition) is 3. The van der Waals surface area contributed by atoms with Crippen LogP contribution in [0.2, 0.25) is 0 Å². The molecule has 0 saturated heterocycles. The fourth-order valence-corrected chi connectivity index (χ4v) is 3.03. The molecule has 1 N–H and O–H groups in total. The second-order valence-corrected chi connectivity index (χ2v) is 6.83. The van der Waals surface area contributed by atoms with E-state index in [1.165, 1.54) is 22.3 Å². The van der Waals surface area contributed by atoms with Crippen molar-refractivity contribution < 1.29 is 14.0 Å². The van der Waals surface area contributed by atoms with Gasteiger partial charge in [0.25, 0.3) is 5.91 Å². The summed E-state index contributed by atoms with van der Waals surface area (Å²) in [5, 5.41) is 4.52. The van der Waals surface area contributed by atoms with Crippen LogP contribution in [0.25, 0.3) is 0 Å². The van der Waals surface area contributed by atoms with Crippen LogP contribution in [-0.2, 0) is 11.3 Å². The van der Waals surface area contributed by atoms with Crippen LogP contribution in [0, 0.1) is 5.82 Å². The first-order valence-electron chi connectivity index (χ1n) is 6.97. The van der Waals surface area contributed by atoms with Crippen LogP contribution >= 0.6 is 27.3 Å². The van der Waals surface area contributed by atoms with E-state index in [-0.39, 0.29) is 37.1 Å². The molecule has 23 heavy (non-hydrogen) atoms. The molecule has 0 radical (unpaired) electrons. The van der Waals surface area contributed by atoms with Gasteiger partial charge in [0.15, 0.2) is 0 Å². The van der Waals surface area contributed by atoms with Crippen molar-refractivity contribution in [3.05, 3.63) is 56.4 Å². The topological polar surface area (TPSA) is 49.4 Å². The highest BCUT2D eigenvalue weighted by atomic mass is 79.9.